The first kappa shape index (κ1) is 32.4. The Hall–Kier alpha value is -7.23. The maximum Gasteiger partial charge on any atom is 0.0900 e. The molecule has 0 radical (unpaired) electrons. The number of hydrogen-bond acceptors (Lipinski definition) is 3. The SMILES string of the molecule is c1ccc(C2(c3ccccc3)c3ccccc3-c3ccc(-c4ccccc4-c4ccc(-c5cc(-c6ccccn6)nc(-c6ccccn6)c5)cc4)cc32)cc1. The molecule has 55 heavy (non-hydrogen) atoms. The third-order valence-corrected chi connectivity index (χ3v) is 10.9. The Labute approximate surface area is 321 Å². The van der Waals surface area contributed by atoms with Crippen LogP contribution in [-0.2, 0) is 5.41 Å². The predicted octanol–water partition coefficient (Wildman–Crippen LogP) is 12.6. The zero-order chi connectivity index (χ0) is 36.6. The molecule has 9 aromatic rings. The van der Waals surface area contributed by atoms with E-state index in [4.69, 9.17) is 4.98 Å². The summed E-state index contributed by atoms with van der Waals surface area (Å²) in [5.74, 6) is 0. The van der Waals surface area contributed by atoms with E-state index in [1.54, 1.807) is 12.4 Å². The van der Waals surface area contributed by atoms with Gasteiger partial charge in [-0.2, -0.15) is 0 Å². The van der Waals surface area contributed by atoms with Crippen LogP contribution in [0.4, 0.5) is 0 Å². The molecule has 0 atom stereocenters. The third kappa shape index (κ3) is 5.57. The van der Waals surface area contributed by atoms with Gasteiger partial charge in [0.25, 0.3) is 0 Å². The Morgan fingerprint density at radius 1 is 0.291 bits per heavy atom. The highest BCUT2D eigenvalue weighted by Crippen LogP contribution is 2.56. The highest BCUT2D eigenvalue weighted by Gasteiger charge is 2.46. The van der Waals surface area contributed by atoms with Gasteiger partial charge in [-0.25, -0.2) is 4.98 Å². The molecule has 0 spiro atoms. The van der Waals surface area contributed by atoms with Gasteiger partial charge in [0.1, 0.15) is 0 Å². The molecular formula is C52H35N3. The number of fused-ring (bicyclic) bond motifs is 3. The summed E-state index contributed by atoms with van der Waals surface area (Å²) in [6.07, 6.45) is 3.61. The second-order valence-corrected chi connectivity index (χ2v) is 14.0. The van der Waals surface area contributed by atoms with Crippen LogP contribution in [-0.4, -0.2) is 15.0 Å². The Morgan fingerprint density at radius 3 is 1.35 bits per heavy atom. The molecule has 0 saturated heterocycles. The van der Waals surface area contributed by atoms with Crippen molar-refractivity contribution in [3.8, 4) is 67.3 Å². The first-order valence-corrected chi connectivity index (χ1v) is 18.7. The van der Waals surface area contributed by atoms with Crippen LogP contribution in [0.2, 0.25) is 0 Å². The molecule has 3 aromatic heterocycles. The first-order chi connectivity index (χ1) is 27.3. The Morgan fingerprint density at radius 2 is 0.764 bits per heavy atom. The van der Waals surface area contributed by atoms with E-state index in [0.29, 0.717) is 0 Å². The molecule has 0 N–H and O–H groups in total. The van der Waals surface area contributed by atoms with Gasteiger partial charge < -0.3 is 0 Å². The molecule has 258 valence electrons. The number of pyridine rings is 3. The van der Waals surface area contributed by atoms with Crippen LogP contribution in [0.15, 0.2) is 213 Å². The summed E-state index contributed by atoms with van der Waals surface area (Å²) in [6, 6.07) is 71.7. The van der Waals surface area contributed by atoms with Crippen molar-refractivity contribution in [3.05, 3.63) is 235 Å². The lowest BCUT2D eigenvalue weighted by Gasteiger charge is -2.34. The molecule has 0 aliphatic heterocycles. The molecule has 0 amide bonds. The van der Waals surface area contributed by atoms with Gasteiger partial charge in [-0.05, 0) is 109 Å². The molecule has 0 fully saturated rings. The smallest absolute Gasteiger partial charge is 0.0900 e. The van der Waals surface area contributed by atoms with Gasteiger partial charge in [0.05, 0.1) is 28.2 Å². The summed E-state index contributed by atoms with van der Waals surface area (Å²) < 4.78 is 0. The average Bonchev–Trinajstić information content (AvgIpc) is 3.58. The quantitative estimate of drug-likeness (QED) is 0.166. The van der Waals surface area contributed by atoms with Gasteiger partial charge in [-0.1, -0.05) is 158 Å². The van der Waals surface area contributed by atoms with Gasteiger partial charge in [0.2, 0.25) is 0 Å². The average molecular weight is 702 g/mol. The molecule has 6 aromatic carbocycles. The molecule has 3 heterocycles. The van der Waals surface area contributed by atoms with Gasteiger partial charge >= 0.3 is 0 Å². The fourth-order valence-electron chi connectivity index (χ4n) is 8.43. The van der Waals surface area contributed by atoms with E-state index < -0.39 is 5.41 Å². The number of rotatable bonds is 7. The number of hydrogen-bond donors (Lipinski definition) is 0. The van der Waals surface area contributed by atoms with Crippen molar-refractivity contribution < 1.29 is 0 Å². The topological polar surface area (TPSA) is 38.7 Å². The van der Waals surface area contributed by atoms with Crippen LogP contribution in [0.1, 0.15) is 22.3 Å². The van der Waals surface area contributed by atoms with Gasteiger partial charge in [0, 0.05) is 12.4 Å². The third-order valence-electron chi connectivity index (χ3n) is 10.9. The summed E-state index contributed by atoms with van der Waals surface area (Å²) in [6.45, 7) is 0. The normalized spacial score (nSPS) is 12.5. The van der Waals surface area contributed by atoms with Crippen molar-refractivity contribution in [1.82, 2.24) is 15.0 Å². The highest BCUT2D eigenvalue weighted by molar-refractivity contribution is 5.91. The van der Waals surface area contributed by atoms with E-state index in [0.717, 1.165) is 39.5 Å². The Kier molecular flexibility index (Phi) is 8.04. The van der Waals surface area contributed by atoms with Crippen molar-refractivity contribution >= 4 is 0 Å². The van der Waals surface area contributed by atoms with Crippen molar-refractivity contribution in [3.63, 3.8) is 0 Å². The number of aromatic nitrogens is 3. The lowest BCUT2D eigenvalue weighted by atomic mass is 9.67. The molecule has 10 rings (SSSR count). The van der Waals surface area contributed by atoms with Crippen LogP contribution in [0, 0.1) is 0 Å². The van der Waals surface area contributed by atoms with E-state index in [1.165, 1.54) is 50.1 Å². The molecular weight excluding hydrogens is 667 g/mol. The fraction of sp³-hybridized carbons (Fsp3) is 0.0192. The van der Waals surface area contributed by atoms with Crippen LogP contribution in [0.3, 0.4) is 0 Å². The molecule has 3 nitrogen and oxygen atoms in total. The molecule has 3 heteroatoms. The lowest BCUT2D eigenvalue weighted by Crippen LogP contribution is -2.28. The van der Waals surface area contributed by atoms with Gasteiger partial charge in [0.15, 0.2) is 0 Å². The summed E-state index contributed by atoms with van der Waals surface area (Å²) in [5, 5.41) is 0. The molecule has 1 aliphatic rings. The second-order valence-electron chi connectivity index (χ2n) is 14.0. The Bertz CT molecular complexity index is 2680. The van der Waals surface area contributed by atoms with Crippen LogP contribution in [0.5, 0.6) is 0 Å². The van der Waals surface area contributed by atoms with Gasteiger partial charge in [-0.15, -0.1) is 0 Å². The van der Waals surface area contributed by atoms with Crippen molar-refractivity contribution in [1.29, 1.82) is 0 Å². The predicted molar refractivity (Wildman–Crippen MR) is 224 cm³/mol. The lowest BCUT2D eigenvalue weighted by molar-refractivity contribution is 0.769. The zero-order valence-electron chi connectivity index (χ0n) is 30.0. The minimum atomic E-state index is -0.451. The monoisotopic (exact) mass is 701 g/mol. The number of benzene rings is 6. The molecule has 0 saturated carbocycles. The van der Waals surface area contributed by atoms with E-state index in [9.17, 15) is 0 Å². The van der Waals surface area contributed by atoms with E-state index in [1.807, 2.05) is 36.4 Å². The molecule has 0 unspecified atom stereocenters. The number of nitrogens with zero attached hydrogens (tertiary/aromatic N) is 3. The summed E-state index contributed by atoms with van der Waals surface area (Å²) in [7, 11) is 0. The maximum atomic E-state index is 4.97. The Balaban J connectivity index is 1.09. The van der Waals surface area contributed by atoms with Crippen molar-refractivity contribution in [2.75, 3.05) is 0 Å². The molecule has 1 aliphatic carbocycles. The van der Waals surface area contributed by atoms with E-state index >= 15 is 0 Å². The standard InChI is InChI=1S/C52H35N3/c1-3-15-40(16-4-1)52(41-17-5-2-6-18-41)46-22-10-9-21-44(46)45-30-29-38(33-47(45)52)43-20-8-7-19-42(43)37-27-25-36(26-28-37)39-34-50(48-23-11-13-31-53-48)55-51(35-39)49-24-12-14-32-54-49/h1-35H. The van der Waals surface area contributed by atoms with Crippen molar-refractivity contribution in [2.45, 2.75) is 5.41 Å². The van der Waals surface area contributed by atoms with E-state index in [-0.39, 0.29) is 0 Å². The fourth-order valence-corrected chi connectivity index (χ4v) is 8.43. The van der Waals surface area contributed by atoms with Crippen LogP contribution < -0.4 is 0 Å². The van der Waals surface area contributed by atoms with Gasteiger partial charge in [-0.3, -0.25) is 9.97 Å². The summed E-state index contributed by atoms with van der Waals surface area (Å²) >= 11 is 0. The van der Waals surface area contributed by atoms with E-state index in [2.05, 4.69) is 174 Å². The zero-order valence-corrected chi connectivity index (χ0v) is 30.0. The van der Waals surface area contributed by atoms with Crippen LogP contribution in [0.25, 0.3) is 67.3 Å². The largest absolute Gasteiger partial charge is 0.255 e. The maximum absolute atomic E-state index is 4.97. The second kappa shape index (κ2) is 13.6. The summed E-state index contributed by atoms with van der Waals surface area (Å²) in [5.41, 5.74) is 17.4. The summed E-state index contributed by atoms with van der Waals surface area (Å²) in [4.78, 5) is 14.2. The molecule has 0 bridgehead atoms. The first-order valence-electron chi connectivity index (χ1n) is 18.7. The highest BCUT2D eigenvalue weighted by atomic mass is 14.8. The van der Waals surface area contributed by atoms with Crippen LogP contribution >= 0.6 is 0 Å². The minimum absolute atomic E-state index is 0.451. The minimum Gasteiger partial charge on any atom is -0.255 e. The van der Waals surface area contributed by atoms with Crippen molar-refractivity contribution in [2.24, 2.45) is 0 Å².